The predicted octanol–water partition coefficient (Wildman–Crippen LogP) is 5.35. The highest BCUT2D eigenvalue weighted by Crippen LogP contribution is 2.56. The van der Waals surface area contributed by atoms with Crippen LogP contribution >= 0.6 is 35.7 Å². The molecule has 0 aromatic heterocycles. The summed E-state index contributed by atoms with van der Waals surface area (Å²) in [6.45, 7) is 3.53. The summed E-state index contributed by atoms with van der Waals surface area (Å²) in [5.41, 5.74) is 0.394. The van der Waals surface area contributed by atoms with E-state index < -0.39 is 29.2 Å². The second kappa shape index (κ2) is 10.3. The number of carbonyl (C=O) groups excluding carboxylic acids is 3. The first kappa shape index (κ1) is 26.9. The third kappa shape index (κ3) is 4.55. The number of amides is 1. The predicted molar refractivity (Wildman–Crippen MR) is 146 cm³/mol. The Morgan fingerprint density at radius 1 is 0.946 bits per heavy atom. The van der Waals surface area contributed by atoms with Gasteiger partial charge in [0.05, 0.1) is 47.2 Å². The fourth-order valence-electron chi connectivity index (χ4n) is 4.04. The molecule has 0 atom stereocenters. The second-order valence-electron chi connectivity index (χ2n) is 8.40. The van der Waals surface area contributed by atoms with Crippen LogP contribution in [0.5, 0.6) is 5.75 Å². The van der Waals surface area contributed by atoms with Gasteiger partial charge in [-0.25, -0.2) is 14.0 Å². The highest BCUT2D eigenvalue weighted by atomic mass is 32.2. The van der Waals surface area contributed by atoms with Gasteiger partial charge in [0.25, 0.3) is 5.91 Å². The SMILES string of the molecule is COC(=O)C1=C(C(=O)OC)SC(=C2C(=S)C(C)(C)N(C(=O)c3ccccc3F)c3ccc(OC)cc32)S1. The van der Waals surface area contributed by atoms with Gasteiger partial charge in [-0.15, -0.1) is 0 Å². The maximum absolute atomic E-state index is 14.7. The minimum atomic E-state index is -1.08. The Balaban J connectivity index is 1.95. The molecule has 0 fully saturated rings. The molecular weight excluding hydrogens is 537 g/mol. The van der Waals surface area contributed by atoms with Crippen molar-refractivity contribution >= 4 is 69.7 Å². The highest BCUT2D eigenvalue weighted by Gasteiger charge is 2.46. The lowest BCUT2D eigenvalue weighted by Crippen LogP contribution is -2.56. The van der Waals surface area contributed by atoms with E-state index >= 15 is 0 Å². The van der Waals surface area contributed by atoms with E-state index in [9.17, 15) is 18.8 Å². The first-order valence-corrected chi connectivity index (χ1v) is 12.9. The minimum Gasteiger partial charge on any atom is -0.497 e. The number of halogens is 1. The van der Waals surface area contributed by atoms with Gasteiger partial charge in [-0.2, -0.15) is 0 Å². The summed E-state index contributed by atoms with van der Waals surface area (Å²) in [7, 11) is 3.95. The average molecular weight is 560 g/mol. The van der Waals surface area contributed by atoms with Gasteiger partial charge in [0, 0.05) is 11.1 Å². The second-order valence-corrected chi connectivity index (χ2v) is 11.1. The molecule has 2 aliphatic heterocycles. The molecule has 4 rings (SSSR count). The van der Waals surface area contributed by atoms with Crippen molar-refractivity contribution in [1.29, 1.82) is 0 Å². The molecule has 1 amide bonds. The van der Waals surface area contributed by atoms with Crippen LogP contribution in [0.1, 0.15) is 29.8 Å². The number of ether oxygens (including phenoxy) is 3. The molecule has 0 bridgehead atoms. The number of fused-ring (bicyclic) bond motifs is 1. The first-order chi connectivity index (χ1) is 17.6. The van der Waals surface area contributed by atoms with E-state index in [0.29, 0.717) is 31.7 Å². The van der Waals surface area contributed by atoms with E-state index in [-0.39, 0.29) is 15.4 Å². The van der Waals surface area contributed by atoms with Gasteiger partial charge in [-0.3, -0.25) is 9.69 Å². The van der Waals surface area contributed by atoms with Gasteiger partial charge in [-0.05, 0) is 44.2 Å². The Kier molecular flexibility index (Phi) is 7.50. The van der Waals surface area contributed by atoms with Crippen molar-refractivity contribution in [3.05, 3.63) is 73.5 Å². The molecule has 0 aliphatic carbocycles. The van der Waals surface area contributed by atoms with E-state index in [0.717, 1.165) is 23.5 Å². The number of thioether (sulfide) groups is 2. The van der Waals surface area contributed by atoms with Gasteiger partial charge in [0.1, 0.15) is 21.4 Å². The van der Waals surface area contributed by atoms with Crippen molar-refractivity contribution in [1.82, 2.24) is 0 Å². The van der Waals surface area contributed by atoms with Crippen LogP contribution in [-0.2, 0) is 19.1 Å². The molecule has 2 aromatic rings. The number of hydrogen-bond donors (Lipinski definition) is 0. The molecule has 37 heavy (non-hydrogen) atoms. The summed E-state index contributed by atoms with van der Waals surface area (Å²) in [6, 6.07) is 10.9. The first-order valence-electron chi connectivity index (χ1n) is 10.9. The number of benzene rings is 2. The molecule has 2 heterocycles. The summed E-state index contributed by atoms with van der Waals surface area (Å²) in [5.74, 6) is -2.07. The minimum absolute atomic E-state index is 0.0803. The summed E-state index contributed by atoms with van der Waals surface area (Å²) < 4.78 is 30.4. The standard InChI is InChI=1S/C26H22FNO6S3/c1-26(2)21(35)18(25-36-19(23(30)33-4)20(37-25)24(31)34-5)15-12-13(32-3)10-11-17(15)28(26)22(29)14-8-6-7-9-16(14)27/h6-12H,1-5H3. The molecular formula is C26H22FNO6S3. The van der Waals surface area contributed by atoms with Gasteiger partial charge < -0.3 is 14.2 Å². The van der Waals surface area contributed by atoms with Crippen LogP contribution in [0.4, 0.5) is 10.1 Å². The lowest BCUT2D eigenvalue weighted by Gasteiger charge is -2.45. The average Bonchev–Trinajstić information content (AvgIpc) is 3.33. The summed E-state index contributed by atoms with van der Waals surface area (Å²) in [4.78, 5) is 40.7. The van der Waals surface area contributed by atoms with Crippen molar-refractivity contribution < 1.29 is 33.0 Å². The van der Waals surface area contributed by atoms with E-state index in [4.69, 9.17) is 26.4 Å². The fourth-order valence-corrected chi connectivity index (χ4v) is 7.08. The fraction of sp³-hybridized carbons (Fsp3) is 0.231. The van der Waals surface area contributed by atoms with E-state index in [2.05, 4.69) is 0 Å². The Morgan fingerprint density at radius 3 is 2.08 bits per heavy atom. The molecule has 0 spiro atoms. The van der Waals surface area contributed by atoms with Crippen molar-refractivity contribution in [2.24, 2.45) is 0 Å². The molecule has 2 aromatic carbocycles. The highest BCUT2D eigenvalue weighted by molar-refractivity contribution is 8.29. The molecule has 0 unspecified atom stereocenters. The lowest BCUT2D eigenvalue weighted by atomic mass is 9.82. The number of nitrogens with zero attached hydrogens (tertiary/aromatic N) is 1. The van der Waals surface area contributed by atoms with E-state index in [1.165, 1.54) is 44.4 Å². The molecule has 2 aliphatic rings. The molecule has 11 heteroatoms. The number of thiocarbonyl (C=S) groups is 1. The zero-order valence-corrected chi connectivity index (χ0v) is 23.0. The zero-order chi connectivity index (χ0) is 27.1. The van der Waals surface area contributed by atoms with Crippen molar-refractivity contribution in [3.8, 4) is 5.75 Å². The van der Waals surface area contributed by atoms with Gasteiger partial charge in [-0.1, -0.05) is 47.9 Å². The number of esters is 2. The smallest absolute Gasteiger partial charge is 0.346 e. The molecule has 0 saturated carbocycles. The van der Waals surface area contributed by atoms with Gasteiger partial charge in [0.2, 0.25) is 0 Å². The number of anilines is 1. The maximum atomic E-state index is 14.7. The third-order valence-corrected chi connectivity index (χ3v) is 9.17. The van der Waals surface area contributed by atoms with Crippen LogP contribution in [-0.4, -0.2) is 49.6 Å². The maximum Gasteiger partial charge on any atom is 0.346 e. The Labute approximate surface area is 227 Å². The summed E-state index contributed by atoms with van der Waals surface area (Å²) >= 11 is 8.03. The Hall–Kier alpha value is -3.15. The lowest BCUT2D eigenvalue weighted by molar-refractivity contribution is -0.138. The topological polar surface area (TPSA) is 82.1 Å². The summed E-state index contributed by atoms with van der Waals surface area (Å²) in [6.07, 6.45) is 0. The van der Waals surface area contributed by atoms with Crippen LogP contribution in [0, 0.1) is 5.82 Å². The van der Waals surface area contributed by atoms with Crippen LogP contribution in [0.15, 0.2) is 56.5 Å². The van der Waals surface area contributed by atoms with E-state index in [1.807, 2.05) is 0 Å². The molecule has 192 valence electrons. The van der Waals surface area contributed by atoms with Crippen molar-refractivity contribution in [2.45, 2.75) is 19.4 Å². The molecule has 0 saturated heterocycles. The van der Waals surface area contributed by atoms with Gasteiger partial charge in [0.15, 0.2) is 0 Å². The van der Waals surface area contributed by atoms with Crippen LogP contribution in [0.25, 0.3) is 5.57 Å². The van der Waals surface area contributed by atoms with Crippen LogP contribution in [0.3, 0.4) is 0 Å². The quantitative estimate of drug-likeness (QED) is 0.280. The van der Waals surface area contributed by atoms with Gasteiger partial charge >= 0.3 is 11.9 Å². The summed E-state index contributed by atoms with van der Waals surface area (Å²) in [5, 5.41) is 0. The number of hydrogen-bond acceptors (Lipinski definition) is 9. The number of methoxy groups -OCH3 is 3. The zero-order valence-electron chi connectivity index (χ0n) is 20.5. The molecule has 0 radical (unpaired) electrons. The molecule has 0 N–H and O–H groups in total. The van der Waals surface area contributed by atoms with Crippen molar-refractivity contribution in [2.75, 3.05) is 26.2 Å². The monoisotopic (exact) mass is 559 g/mol. The number of carbonyl (C=O) groups is 3. The normalized spacial score (nSPS) is 16.5. The largest absolute Gasteiger partial charge is 0.497 e. The third-order valence-electron chi connectivity index (χ3n) is 5.90. The van der Waals surface area contributed by atoms with Crippen molar-refractivity contribution in [3.63, 3.8) is 0 Å². The van der Waals surface area contributed by atoms with Crippen LogP contribution < -0.4 is 9.64 Å². The van der Waals surface area contributed by atoms with Crippen LogP contribution in [0.2, 0.25) is 0 Å². The number of rotatable bonds is 4. The van der Waals surface area contributed by atoms with E-state index in [1.54, 1.807) is 38.1 Å². The Bertz CT molecular complexity index is 1380. The molecule has 7 nitrogen and oxygen atoms in total. The Morgan fingerprint density at radius 2 is 1.54 bits per heavy atom.